The second-order valence-electron chi connectivity index (χ2n) is 4.26. The molecule has 3 N–H and O–H groups in total. The molecule has 2 rings (SSSR count). The highest BCUT2D eigenvalue weighted by Crippen LogP contribution is 2.22. The molecule has 0 aliphatic heterocycles. The highest BCUT2D eigenvalue weighted by atomic mass is 16.5. The number of nitrogens with two attached hydrogens (primary N) is 1. The number of hydrogen-bond donors (Lipinski definition) is 2. The zero-order valence-corrected chi connectivity index (χ0v) is 11.3. The van der Waals surface area contributed by atoms with Crippen LogP contribution in [-0.4, -0.2) is 38.7 Å². The molecule has 0 aliphatic carbocycles. The van der Waals surface area contributed by atoms with E-state index in [1.165, 1.54) is 18.6 Å². The summed E-state index contributed by atoms with van der Waals surface area (Å²) in [4.78, 5) is 32.7. The molecule has 0 radical (unpaired) electrons. The van der Waals surface area contributed by atoms with Crippen LogP contribution < -0.4 is 16.2 Å². The van der Waals surface area contributed by atoms with E-state index in [-0.39, 0.29) is 24.0 Å². The van der Waals surface area contributed by atoms with Crippen molar-refractivity contribution in [1.82, 2.24) is 19.5 Å². The molecule has 1 unspecified atom stereocenters. The van der Waals surface area contributed by atoms with Crippen LogP contribution in [0.25, 0.3) is 11.2 Å². The predicted octanol–water partition coefficient (Wildman–Crippen LogP) is -0.338. The molecule has 9 nitrogen and oxygen atoms in total. The van der Waals surface area contributed by atoms with Gasteiger partial charge in [0.2, 0.25) is 0 Å². The summed E-state index contributed by atoms with van der Waals surface area (Å²) in [6.07, 6.45) is -0.430. The van der Waals surface area contributed by atoms with Gasteiger partial charge in [0, 0.05) is 6.92 Å². The number of carbonyl (C=O) groups excluding carboxylic acids is 1. The molecule has 1 atom stereocenters. The molecule has 0 spiro atoms. The Balaban J connectivity index is 2.50. The van der Waals surface area contributed by atoms with Crippen molar-refractivity contribution >= 4 is 23.0 Å². The van der Waals surface area contributed by atoms with E-state index in [1.54, 1.807) is 6.92 Å². The molecule has 2 aromatic heterocycles. The molecule has 108 valence electrons. The number of ether oxygens (including phenoxy) is 2. The van der Waals surface area contributed by atoms with Crippen LogP contribution in [0.15, 0.2) is 4.79 Å². The molecule has 0 bridgehead atoms. The fourth-order valence-corrected chi connectivity index (χ4v) is 1.92. The second kappa shape index (κ2) is 5.19. The van der Waals surface area contributed by atoms with Crippen LogP contribution >= 0.6 is 0 Å². The number of methoxy groups -OCH3 is 1. The zero-order chi connectivity index (χ0) is 14.9. The van der Waals surface area contributed by atoms with Crippen LogP contribution in [0.3, 0.4) is 0 Å². The Hall–Kier alpha value is -2.58. The van der Waals surface area contributed by atoms with Crippen molar-refractivity contribution in [2.24, 2.45) is 0 Å². The zero-order valence-electron chi connectivity index (χ0n) is 11.3. The molecular formula is C11H15N5O4. The third kappa shape index (κ3) is 2.56. The standard InChI is InChI=1S/C11H15N5O4/c1-5(20-6(2)17)4-16-9-7(13-11(16)19-3)8(12)14-10(18)15-9/h5H,4H2,1-3H3,(H3,12,14,15,18). The Morgan fingerprint density at radius 1 is 1.50 bits per heavy atom. The van der Waals surface area contributed by atoms with Gasteiger partial charge in [-0.05, 0) is 6.92 Å². The summed E-state index contributed by atoms with van der Waals surface area (Å²) in [5.41, 5.74) is 5.72. The van der Waals surface area contributed by atoms with Crippen molar-refractivity contribution in [3.8, 4) is 6.01 Å². The predicted molar refractivity (Wildman–Crippen MR) is 70.3 cm³/mol. The topological polar surface area (TPSA) is 125 Å². The first-order valence-electron chi connectivity index (χ1n) is 5.89. The van der Waals surface area contributed by atoms with Crippen LogP contribution in [0.4, 0.5) is 5.82 Å². The molecule has 0 saturated heterocycles. The molecule has 0 amide bonds. The minimum Gasteiger partial charge on any atom is -0.468 e. The van der Waals surface area contributed by atoms with E-state index >= 15 is 0 Å². The number of imidazole rings is 1. The lowest BCUT2D eigenvalue weighted by Crippen LogP contribution is -2.21. The highest BCUT2D eigenvalue weighted by Gasteiger charge is 2.18. The van der Waals surface area contributed by atoms with Gasteiger partial charge in [0.05, 0.1) is 13.7 Å². The third-order valence-electron chi connectivity index (χ3n) is 2.60. The van der Waals surface area contributed by atoms with Gasteiger partial charge in [-0.2, -0.15) is 9.97 Å². The van der Waals surface area contributed by atoms with Crippen LogP contribution in [0.5, 0.6) is 6.01 Å². The monoisotopic (exact) mass is 281 g/mol. The maximum absolute atomic E-state index is 11.4. The first kappa shape index (κ1) is 13.8. The van der Waals surface area contributed by atoms with Crippen molar-refractivity contribution in [1.29, 1.82) is 0 Å². The number of aromatic nitrogens is 4. The molecule has 9 heteroatoms. The normalized spacial score (nSPS) is 12.3. The number of rotatable bonds is 4. The summed E-state index contributed by atoms with van der Waals surface area (Å²) in [7, 11) is 1.44. The summed E-state index contributed by atoms with van der Waals surface area (Å²) in [6, 6.07) is 0.234. The smallest absolute Gasteiger partial charge is 0.348 e. The second-order valence-corrected chi connectivity index (χ2v) is 4.26. The fraction of sp³-hybridized carbons (Fsp3) is 0.455. The lowest BCUT2D eigenvalue weighted by molar-refractivity contribution is -0.146. The fourth-order valence-electron chi connectivity index (χ4n) is 1.92. The summed E-state index contributed by atoms with van der Waals surface area (Å²) in [6.45, 7) is 3.28. The van der Waals surface area contributed by atoms with Crippen molar-refractivity contribution < 1.29 is 14.3 Å². The lowest BCUT2D eigenvalue weighted by Gasteiger charge is -2.14. The summed E-state index contributed by atoms with van der Waals surface area (Å²) < 4.78 is 11.7. The highest BCUT2D eigenvalue weighted by molar-refractivity contribution is 5.82. The van der Waals surface area contributed by atoms with E-state index in [4.69, 9.17) is 15.2 Å². The Kier molecular flexibility index (Phi) is 3.59. The van der Waals surface area contributed by atoms with Crippen molar-refractivity contribution in [3.05, 3.63) is 10.5 Å². The average molecular weight is 281 g/mol. The molecule has 0 aromatic carbocycles. The molecule has 2 aromatic rings. The average Bonchev–Trinajstić information content (AvgIpc) is 2.67. The molecule has 0 aliphatic rings. The number of H-pyrrole nitrogens is 1. The number of carbonyl (C=O) groups is 1. The Labute approximate surface area is 113 Å². The van der Waals surface area contributed by atoms with Gasteiger partial charge in [-0.1, -0.05) is 0 Å². The van der Waals surface area contributed by atoms with Gasteiger partial charge in [0.15, 0.2) is 11.2 Å². The quantitative estimate of drug-likeness (QED) is 0.734. The van der Waals surface area contributed by atoms with Crippen molar-refractivity contribution in [3.63, 3.8) is 0 Å². The number of hydrogen-bond acceptors (Lipinski definition) is 7. The van der Waals surface area contributed by atoms with Crippen LogP contribution in [0.2, 0.25) is 0 Å². The SMILES string of the molecule is COc1nc2c(N)[nH]c(=O)nc2n1CC(C)OC(C)=O. The number of esters is 1. The number of nitrogens with one attached hydrogen (secondary N) is 1. The number of aromatic amines is 1. The van der Waals surface area contributed by atoms with Gasteiger partial charge in [-0.15, -0.1) is 0 Å². The largest absolute Gasteiger partial charge is 0.468 e. The Morgan fingerprint density at radius 3 is 2.80 bits per heavy atom. The summed E-state index contributed by atoms with van der Waals surface area (Å²) in [5, 5.41) is 0. The first-order valence-corrected chi connectivity index (χ1v) is 5.89. The Bertz CT molecular complexity index is 705. The molecule has 20 heavy (non-hydrogen) atoms. The number of anilines is 1. The summed E-state index contributed by atoms with van der Waals surface area (Å²) in [5.74, 6) is -0.289. The van der Waals surface area contributed by atoms with Crippen LogP contribution in [0, 0.1) is 0 Å². The number of nitrogens with zero attached hydrogens (tertiary/aromatic N) is 3. The molecular weight excluding hydrogens is 266 g/mol. The number of fused-ring (bicyclic) bond motifs is 1. The molecule has 2 heterocycles. The van der Waals surface area contributed by atoms with Crippen LogP contribution in [0.1, 0.15) is 13.8 Å². The van der Waals surface area contributed by atoms with E-state index in [2.05, 4.69) is 15.0 Å². The maximum atomic E-state index is 11.4. The van der Waals surface area contributed by atoms with Gasteiger partial charge in [-0.25, -0.2) is 4.79 Å². The minimum absolute atomic E-state index is 0.109. The van der Waals surface area contributed by atoms with E-state index < -0.39 is 17.8 Å². The van der Waals surface area contributed by atoms with E-state index in [0.29, 0.717) is 5.52 Å². The summed E-state index contributed by atoms with van der Waals surface area (Å²) >= 11 is 0. The Morgan fingerprint density at radius 2 is 2.20 bits per heavy atom. The lowest BCUT2D eigenvalue weighted by atomic mass is 10.4. The van der Waals surface area contributed by atoms with Gasteiger partial charge in [0.25, 0.3) is 6.01 Å². The molecule has 0 saturated carbocycles. The van der Waals surface area contributed by atoms with Gasteiger partial charge in [-0.3, -0.25) is 14.3 Å². The maximum Gasteiger partial charge on any atom is 0.348 e. The van der Waals surface area contributed by atoms with Crippen molar-refractivity contribution in [2.75, 3.05) is 12.8 Å². The van der Waals surface area contributed by atoms with E-state index in [9.17, 15) is 9.59 Å². The van der Waals surface area contributed by atoms with Crippen molar-refractivity contribution in [2.45, 2.75) is 26.5 Å². The third-order valence-corrected chi connectivity index (χ3v) is 2.60. The van der Waals surface area contributed by atoms with E-state index in [1.807, 2.05) is 0 Å². The number of nitrogen functional groups attached to an aromatic ring is 1. The van der Waals surface area contributed by atoms with Gasteiger partial charge < -0.3 is 15.2 Å². The van der Waals surface area contributed by atoms with Crippen LogP contribution in [-0.2, 0) is 16.1 Å². The molecule has 0 fully saturated rings. The van der Waals surface area contributed by atoms with E-state index in [0.717, 1.165) is 0 Å². The minimum atomic E-state index is -0.584. The van der Waals surface area contributed by atoms with Gasteiger partial charge >= 0.3 is 11.7 Å². The first-order chi connectivity index (χ1) is 9.42. The van der Waals surface area contributed by atoms with Gasteiger partial charge in [0.1, 0.15) is 11.9 Å².